The minimum atomic E-state index is 0.853. The highest BCUT2D eigenvalue weighted by Crippen LogP contribution is 2.56. The van der Waals surface area contributed by atoms with E-state index in [-0.39, 0.29) is 0 Å². The first-order valence-electron chi connectivity index (χ1n) is 4.55. The molecule has 0 unspecified atom stereocenters. The van der Waals surface area contributed by atoms with Crippen LogP contribution in [0, 0.1) is 11.3 Å². The summed E-state index contributed by atoms with van der Waals surface area (Å²) >= 11 is 0. The molecule has 1 spiro atoms. The van der Waals surface area contributed by atoms with Gasteiger partial charge in [0.05, 0.1) is 0 Å². The van der Waals surface area contributed by atoms with Crippen LogP contribution < -0.4 is 5.73 Å². The Bertz CT molecular complexity index is 117. The fourth-order valence-corrected chi connectivity index (χ4v) is 2.20. The number of rotatable bonds is 1. The Kier molecular flexibility index (Phi) is 1.48. The molecule has 2 aliphatic carbocycles. The van der Waals surface area contributed by atoms with E-state index in [2.05, 4.69) is 0 Å². The van der Waals surface area contributed by atoms with Gasteiger partial charge >= 0.3 is 0 Å². The van der Waals surface area contributed by atoms with Crippen LogP contribution in [0.4, 0.5) is 0 Å². The van der Waals surface area contributed by atoms with Crippen molar-refractivity contribution in [3.8, 4) is 0 Å². The van der Waals surface area contributed by atoms with Crippen LogP contribution in [0.2, 0.25) is 0 Å². The normalized spacial score (nSPS) is 30.9. The van der Waals surface area contributed by atoms with Gasteiger partial charge in [0, 0.05) is 0 Å². The molecule has 10 heavy (non-hydrogen) atoms. The summed E-state index contributed by atoms with van der Waals surface area (Å²) in [5.74, 6) is 0.867. The average Bonchev–Trinajstić information content (AvgIpc) is 2.72. The number of hydrogen-bond acceptors (Lipinski definition) is 1. The summed E-state index contributed by atoms with van der Waals surface area (Å²) in [6.07, 6.45) is 8.82. The van der Waals surface area contributed by atoms with Crippen molar-refractivity contribution in [3.63, 3.8) is 0 Å². The van der Waals surface area contributed by atoms with E-state index in [9.17, 15) is 0 Å². The zero-order valence-electron chi connectivity index (χ0n) is 6.60. The Hall–Kier alpha value is -0.0400. The zero-order chi connectivity index (χ0) is 7.03. The maximum Gasteiger partial charge on any atom is -0.00489 e. The molecule has 0 amide bonds. The molecule has 0 heterocycles. The molecule has 1 nitrogen and oxygen atoms in total. The average molecular weight is 139 g/mol. The van der Waals surface area contributed by atoms with Crippen molar-refractivity contribution < 1.29 is 0 Å². The highest BCUT2D eigenvalue weighted by atomic mass is 14.6. The molecule has 0 atom stereocenters. The first kappa shape index (κ1) is 6.66. The Morgan fingerprint density at radius 1 is 1.10 bits per heavy atom. The molecule has 2 saturated carbocycles. The predicted octanol–water partition coefficient (Wildman–Crippen LogP) is 1.92. The third-order valence-electron chi connectivity index (χ3n) is 3.46. The number of hydrogen-bond donors (Lipinski definition) is 1. The van der Waals surface area contributed by atoms with Crippen LogP contribution in [-0.4, -0.2) is 6.54 Å². The van der Waals surface area contributed by atoms with Crippen molar-refractivity contribution in [2.45, 2.75) is 38.5 Å². The van der Waals surface area contributed by atoms with Crippen molar-refractivity contribution in [3.05, 3.63) is 0 Å². The topological polar surface area (TPSA) is 26.0 Å². The van der Waals surface area contributed by atoms with Gasteiger partial charge in [-0.15, -0.1) is 0 Å². The Balaban J connectivity index is 1.84. The van der Waals surface area contributed by atoms with E-state index in [1.807, 2.05) is 0 Å². The van der Waals surface area contributed by atoms with Gasteiger partial charge in [0.1, 0.15) is 0 Å². The molecule has 2 rings (SSSR count). The van der Waals surface area contributed by atoms with Gasteiger partial charge in [-0.05, 0) is 56.4 Å². The van der Waals surface area contributed by atoms with Crippen LogP contribution in [0.15, 0.2) is 0 Å². The van der Waals surface area contributed by atoms with Crippen molar-refractivity contribution in [1.82, 2.24) is 0 Å². The van der Waals surface area contributed by atoms with Gasteiger partial charge in [-0.1, -0.05) is 0 Å². The quantitative estimate of drug-likeness (QED) is 0.590. The van der Waals surface area contributed by atoms with E-state index >= 15 is 0 Å². The monoisotopic (exact) mass is 139 g/mol. The van der Waals surface area contributed by atoms with E-state index in [1.165, 1.54) is 38.5 Å². The molecule has 0 radical (unpaired) electrons. The summed E-state index contributed by atoms with van der Waals surface area (Å²) in [7, 11) is 0. The Morgan fingerprint density at radius 2 is 1.70 bits per heavy atom. The maximum absolute atomic E-state index is 5.61. The van der Waals surface area contributed by atoms with Crippen molar-refractivity contribution in [1.29, 1.82) is 0 Å². The minimum Gasteiger partial charge on any atom is -0.330 e. The van der Waals surface area contributed by atoms with Gasteiger partial charge < -0.3 is 5.73 Å². The van der Waals surface area contributed by atoms with Crippen molar-refractivity contribution in [2.24, 2.45) is 17.1 Å². The van der Waals surface area contributed by atoms with Gasteiger partial charge in [0.25, 0.3) is 0 Å². The molecule has 2 N–H and O–H groups in total. The molecular formula is C9H17N. The lowest BCUT2D eigenvalue weighted by Crippen LogP contribution is -2.21. The Morgan fingerprint density at radius 3 is 2.10 bits per heavy atom. The smallest absolute Gasteiger partial charge is 0.00489 e. The minimum absolute atomic E-state index is 0.853. The van der Waals surface area contributed by atoms with E-state index in [0.717, 1.165) is 17.9 Å². The first-order valence-corrected chi connectivity index (χ1v) is 4.55. The zero-order valence-corrected chi connectivity index (χ0v) is 6.60. The van der Waals surface area contributed by atoms with Crippen LogP contribution >= 0.6 is 0 Å². The molecule has 0 aromatic carbocycles. The second-order valence-corrected chi connectivity index (χ2v) is 4.18. The second-order valence-electron chi connectivity index (χ2n) is 4.18. The highest BCUT2D eigenvalue weighted by molar-refractivity contribution is 4.96. The molecule has 0 bridgehead atoms. The molecule has 58 valence electrons. The van der Waals surface area contributed by atoms with Crippen LogP contribution in [0.1, 0.15) is 38.5 Å². The van der Waals surface area contributed by atoms with Crippen LogP contribution in [-0.2, 0) is 0 Å². The van der Waals surface area contributed by atoms with Gasteiger partial charge in [-0.3, -0.25) is 0 Å². The standard InChI is InChI=1S/C9H17N/c10-7-8-1-3-9(4-2-8)5-6-9/h8H,1-7,10H2. The van der Waals surface area contributed by atoms with Crippen LogP contribution in [0.5, 0.6) is 0 Å². The maximum atomic E-state index is 5.61. The van der Waals surface area contributed by atoms with E-state index in [4.69, 9.17) is 5.73 Å². The SMILES string of the molecule is NCC1CCC2(CC1)CC2. The Labute approximate surface area is 63.0 Å². The van der Waals surface area contributed by atoms with Gasteiger partial charge in [0.15, 0.2) is 0 Å². The van der Waals surface area contributed by atoms with Crippen LogP contribution in [0.25, 0.3) is 0 Å². The summed E-state index contributed by atoms with van der Waals surface area (Å²) in [6.45, 7) is 0.927. The molecule has 0 aliphatic heterocycles. The number of nitrogens with two attached hydrogens (primary N) is 1. The summed E-state index contributed by atoms with van der Waals surface area (Å²) in [6, 6.07) is 0. The molecular weight excluding hydrogens is 122 g/mol. The molecule has 2 fully saturated rings. The summed E-state index contributed by atoms with van der Waals surface area (Å²) in [5.41, 5.74) is 6.47. The lowest BCUT2D eigenvalue weighted by atomic mass is 9.80. The van der Waals surface area contributed by atoms with Crippen molar-refractivity contribution in [2.75, 3.05) is 6.54 Å². The van der Waals surface area contributed by atoms with Crippen LogP contribution in [0.3, 0.4) is 0 Å². The fraction of sp³-hybridized carbons (Fsp3) is 1.00. The molecule has 0 aromatic heterocycles. The second kappa shape index (κ2) is 2.23. The molecule has 1 heteroatoms. The summed E-state index contributed by atoms with van der Waals surface area (Å²) < 4.78 is 0. The van der Waals surface area contributed by atoms with E-state index in [1.54, 1.807) is 0 Å². The first-order chi connectivity index (χ1) is 4.85. The van der Waals surface area contributed by atoms with Gasteiger partial charge in [-0.2, -0.15) is 0 Å². The largest absolute Gasteiger partial charge is 0.330 e. The summed E-state index contributed by atoms with van der Waals surface area (Å²) in [5, 5.41) is 0. The fourth-order valence-electron chi connectivity index (χ4n) is 2.20. The predicted molar refractivity (Wildman–Crippen MR) is 42.7 cm³/mol. The van der Waals surface area contributed by atoms with Gasteiger partial charge in [-0.25, -0.2) is 0 Å². The third-order valence-corrected chi connectivity index (χ3v) is 3.46. The third kappa shape index (κ3) is 1.07. The summed E-state index contributed by atoms with van der Waals surface area (Å²) in [4.78, 5) is 0. The molecule has 0 aromatic rings. The lowest BCUT2D eigenvalue weighted by Gasteiger charge is -2.27. The van der Waals surface area contributed by atoms with Crippen molar-refractivity contribution >= 4 is 0 Å². The molecule has 2 aliphatic rings. The van der Waals surface area contributed by atoms with E-state index in [0.29, 0.717) is 0 Å². The lowest BCUT2D eigenvalue weighted by molar-refractivity contribution is 0.262. The van der Waals surface area contributed by atoms with E-state index < -0.39 is 0 Å². The highest BCUT2D eigenvalue weighted by Gasteiger charge is 2.44. The molecule has 0 saturated heterocycles. The van der Waals surface area contributed by atoms with Gasteiger partial charge in [0.2, 0.25) is 0 Å².